The number of methoxy groups -OCH3 is 1. The maximum absolute atomic E-state index is 11.7. The molecule has 0 saturated heterocycles. The molecule has 0 heterocycles. The smallest absolute Gasteiger partial charge is 0.224 e. The second-order valence-electron chi connectivity index (χ2n) is 4.04. The lowest BCUT2D eigenvalue weighted by Gasteiger charge is -2.14. The Morgan fingerprint density at radius 3 is 2.78 bits per heavy atom. The molecule has 0 spiro atoms. The van der Waals surface area contributed by atoms with Crippen LogP contribution >= 0.6 is 0 Å². The minimum atomic E-state index is -0.280. The molecule has 0 aliphatic heterocycles. The Labute approximate surface area is 107 Å². The maximum atomic E-state index is 11.7. The molecule has 1 aromatic carbocycles. The van der Waals surface area contributed by atoms with Crippen LogP contribution in [0.5, 0.6) is 11.5 Å². The van der Waals surface area contributed by atoms with Crippen LogP contribution in [0.4, 0.5) is 0 Å². The summed E-state index contributed by atoms with van der Waals surface area (Å²) in [7, 11) is 1.49. The molecule has 4 N–H and O–H groups in total. The molecule has 1 atom stereocenters. The number of nitrogens with two attached hydrogens (primary N) is 1. The average molecular weight is 252 g/mol. The normalized spacial score (nSPS) is 11.9. The molecule has 1 rings (SSSR count). The predicted molar refractivity (Wildman–Crippen MR) is 69.6 cm³/mol. The van der Waals surface area contributed by atoms with Crippen LogP contribution in [0.3, 0.4) is 0 Å². The molecule has 5 nitrogen and oxygen atoms in total. The highest BCUT2D eigenvalue weighted by Crippen LogP contribution is 2.27. The number of hydrogen-bond donors (Lipinski definition) is 3. The number of amides is 1. The first-order valence-corrected chi connectivity index (χ1v) is 5.96. The summed E-state index contributed by atoms with van der Waals surface area (Å²) in [6, 6.07) is 5.09. The van der Waals surface area contributed by atoms with Crippen molar-refractivity contribution in [2.75, 3.05) is 20.2 Å². The zero-order chi connectivity index (χ0) is 13.5. The number of aromatic hydroxyl groups is 1. The lowest BCUT2D eigenvalue weighted by molar-refractivity contribution is -0.124. The van der Waals surface area contributed by atoms with Gasteiger partial charge in [0.1, 0.15) is 0 Å². The summed E-state index contributed by atoms with van der Waals surface area (Å²) in [5.41, 5.74) is 6.45. The van der Waals surface area contributed by atoms with Crippen molar-refractivity contribution in [2.45, 2.75) is 13.3 Å². The number of phenols is 1. The minimum Gasteiger partial charge on any atom is -0.504 e. The van der Waals surface area contributed by atoms with Crippen LogP contribution in [0, 0.1) is 5.92 Å². The van der Waals surface area contributed by atoms with Crippen LogP contribution in [0.1, 0.15) is 12.5 Å². The minimum absolute atomic E-state index is 0.0599. The Morgan fingerprint density at radius 2 is 2.28 bits per heavy atom. The van der Waals surface area contributed by atoms with Crippen molar-refractivity contribution in [3.05, 3.63) is 23.8 Å². The van der Waals surface area contributed by atoms with E-state index in [1.165, 1.54) is 7.11 Å². The Balaban J connectivity index is 2.76. The highest BCUT2D eigenvalue weighted by atomic mass is 16.5. The number of ether oxygens (including phenoxy) is 1. The van der Waals surface area contributed by atoms with E-state index in [1.807, 2.05) is 13.0 Å². The van der Waals surface area contributed by atoms with Crippen LogP contribution in [-0.2, 0) is 11.2 Å². The van der Waals surface area contributed by atoms with E-state index in [2.05, 4.69) is 5.32 Å². The lowest BCUT2D eigenvalue weighted by atomic mass is 9.98. The zero-order valence-corrected chi connectivity index (χ0v) is 10.8. The second kappa shape index (κ2) is 6.86. The van der Waals surface area contributed by atoms with Crippen molar-refractivity contribution < 1.29 is 14.6 Å². The van der Waals surface area contributed by atoms with Crippen molar-refractivity contribution in [1.82, 2.24) is 5.32 Å². The molecule has 1 unspecified atom stereocenters. The van der Waals surface area contributed by atoms with Crippen molar-refractivity contribution >= 4 is 5.91 Å². The van der Waals surface area contributed by atoms with Crippen LogP contribution in [0.25, 0.3) is 0 Å². The highest BCUT2D eigenvalue weighted by Gasteiger charge is 2.17. The molecule has 100 valence electrons. The molecular formula is C13H20N2O3. The zero-order valence-electron chi connectivity index (χ0n) is 10.8. The first-order valence-electron chi connectivity index (χ1n) is 5.96. The quantitative estimate of drug-likeness (QED) is 0.694. The van der Waals surface area contributed by atoms with E-state index in [1.54, 1.807) is 12.1 Å². The molecule has 18 heavy (non-hydrogen) atoms. The second-order valence-corrected chi connectivity index (χ2v) is 4.04. The van der Waals surface area contributed by atoms with Gasteiger partial charge in [-0.25, -0.2) is 0 Å². The van der Waals surface area contributed by atoms with Gasteiger partial charge in [-0.2, -0.15) is 0 Å². The highest BCUT2D eigenvalue weighted by molar-refractivity contribution is 5.79. The van der Waals surface area contributed by atoms with Crippen LogP contribution in [-0.4, -0.2) is 31.2 Å². The number of carbonyl (C=O) groups is 1. The summed E-state index contributed by atoms with van der Waals surface area (Å²) in [5.74, 6) is 0.149. The number of benzene rings is 1. The van der Waals surface area contributed by atoms with Gasteiger partial charge in [0, 0.05) is 13.1 Å². The van der Waals surface area contributed by atoms with Gasteiger partial charge < -0.3 is 20.9 Å². The number of hydrogen-bond acceptors (Lipinski definition) is 4. The van der Waals surface area contributed by atoms with Gasteiger partial charge in [0.2, 0.25) is 5.91 Å². The number of carbonyl (C=O) groups excluding carboxylic acids is 1. The number of nitrogens with one attached hydrogen (secondary N) is 1. The van der Waals surface area contributed by atoms with Crippen molar-refractivity contribution in [2.24, 2.45) is 11.7 Å². The first kappa shape index (κ1) is 14.3. The van der Waals surface area contributed by atoms with Crippen molar-refractivity contribution in [3.8, 4) is 11.5 Å². The van der Waals surface area contributed by atoms with Gasteiger partial charge >= 0.3 is 0 Å². The molecule has 5 heteroatoms. The third kappa shape index (κ3) is 3.63. The van der Waals surface area contributed by atoms with E-state index in [-0.39, 0.29) is 24.1 Å². The molecule has 1 aromatic rings. The van der Waals surface area contributed by atoms with E-state index in [4.69, 9.17) is 10.5 Å². The predicted octanol–water partition coefficient (Wildman–Crippen LogP) is 0.654. The van der Waals surface area contributed by atoms with Gasteiger partial charge in [0.15, 0.2) is 11.5 Å². The van der Waals surface area contributed by atoms with Gasteiger partial charge in [0.05, 0.1) is 13.0 Å². The van der Waals surface area contributed by atoms with E-state index in [0.29, 0.717) is 18.7 Å². The summed E-state index contributed by atoms with van der Waals surface area (Å²) in [6.45, 7) is 2.73. The Kier molecular flexibility index (Phi) is 5.45. The molecule has 0 aliphatic carbocycles. The molecular weight excluding hydrogens is 232 g/mol. The van der Waals surface area contributed by atoms with Crippen LogP contribution in [0.2, 0.25) is 0 Å². The van der Waals surface area contributed by atoms with E-state index in [9.17, 15) is 9.90 Å². The fraction of sp³-hybridized carbons (Fsp3) is 0.462. The fourth-order valence-electron chi connectivity index (χ4n) is 1.75. The average Bonchev–Trinajstić information content (AvgIpc) is 2.36. The van der Waals surface area contributed by atoms with Gasteiger partial charge in [-0.05, 0) is 31.0 Å². The first-order chi connectivity index (χ1) is 8.62. The fourth-order valence-corrected chi connectivity index (χ4v) is 1.75. The van der Waals surface area contributed by atoms with Crippen LogP contribution in [0.15, 0.2) is 18.2 Å². The number of phenolic OH excluding ortho intramolecular Hbond substituents is 1. The lowest BCUT2D eigenvalue weighted by Crippen LogP contribution is -2.36. The largest absolute Gasteiger partial charge is 0.504 e. The van der Waals surface area contributed by atoms with Crippen molar-refractivity contribution in [3.63, 3.8) is 0 Å². The third-order valence-electron chi connectivity index (χ3n) is 2.73. The van der Waals surface area contributed by atoms with Crippen molar-refractivity contribution in [1.29, 1.82) is 0 Å². The Bertz CT molecular complexity index is 407. The molecule has 0 bridgehead atoms. The Morgan fingerprint density at radius 1 is 1.56 bits per heavy atom. The van der Waals surface area contributed by atoms with Gasteiger partial charge in [-0.15, -0.1) is 0 Å². The molecule has 0 fully saturated rings. The monoisotopic (exact) mass is 252 g/mol. The molecule has 0 aliphatic rings. The third-order valence-corrected chi connectivity index (χ3v) is 2.73. The SMILES string of the molecule is CCNC(=O)C(CN)Cc1ccc(OC)c(O)c1. The summed E-state index contributed by atoms with van der Waals surface area (Å²) < 4.78 is 4.96. The standard InChI is InChI=1S/C13H20N2O3/c1-3-15-13(17)10(8-14)6-9-4-5-12(18-2)11(16)7-9/h4-5,7,10,16H,3,6,8,14H2,1-2H3,(H,15,17). The van der Waals surface area contributed by atoms with Gasteiger partial charge in [-0.1, -0.05) is 6.07 Å². The van der Waals surface area contributed by atoms with Gasteiger partial charge in [-0.3, -0.25) is 4.79 Å². The molecule has 0 radical (unpaired) electrons. The number of rotatable bonds is 6. The van der Waals surface area contributed by atoms with Crippen LogP contribution < -0.4 is 15.8 Å². The topological polar surface area (TPSA) is 84.6 Å². The van der Waals surface area contributed by atoms with E-state index >= 15 is 0 Å². The summed E-state index contributed by atoms with van der Waals surface area (Å²) in [5, 5.41) is 12.4. The molecule has 0 saturated carbocycles. The van der Waals surface area contributed by atoms with Gasteiger partial charge in [0.25, 0.3) is 0 Å². The maximum Gasteiger partial charge on any atom is 0.224 e. The summed E-state index contributed by atoms with van der Waals surface area (Å²) in [4.78, 5) is 11.7. The van der Waals surface area contributed by atoms with E-state index in [0.717, 1.165) is 5.56 Å². The molecule has 0 aromatic heterocycles. The van der Waals surface area contributed by atoms with E-state index < -0.39 is 0 Å². The summed E-state index contributed by atoms with van der Waals surface area (Å²) >= 11 is 0. The Hall–Kier alpha value is -1.75. The summed E-state index contributed by atoms with van der Waals surface area (Å²) in [6.07, 6.45) is 0.500. The molecule has 1 amide bonds.